The molecule has 3 nitrogen and oxygen atoms in total. The first-order valence-electron chi connectivity index (χ1n) is 7.78. The van der Waals surface area contributed by atoms with Gasteiger partial charge in [0.1, 0.15) is 0 Å². The third-order valence-electron chi connectivity index (χ3n) is 3.10. The molecule has 0 amide bonds. The molecule has 0 aromatic carbocycles. The van der Waals surface area contributed by atoms with Crippen LogP contribution in [0.15, 0.2) is 18.3 Å². The second kappa shape index (κ2) is 9.09. The Balaban J connectivity index is 2.21. The van der Waals surface area contributed by atoms with Crippen molar-refractivity contribution in [3.05, 3.63) is 29.6 Å². The van der Waals surface area contributed by atoms with Crippen molar-refractivity contribution in [2.24, 2.45) is 0 Å². The number of ether oxygens (including phenoxy) is 1. The summed E-state index contributed by atoms with van der Waals surface area (Å²) in [6.07, 6.45) is 6.93. The van der Waals surface area contributed by atoms with Crippen molar-refractivity contribution < 1.29 is 4.74 Å². The number of rotatable bonds is 9. The fourth-order valence-electron chi connectivity index (χ4n) is 1.82. The maximum atomic E-state index is 5.64. The van der Waals surface area contributed by atoms with Crippen molar-refractivity contribution in [1.82, 2.24) is 10.3 Å². The van der Waals surface area contributed by atoms with Crippen LogP contribution in [0.4, 0.5) is 0 Å². The molecule has 0 unspecified atom stereocenters. The van der Waals surface area contributed by atoms with Gasteiger partial charge in [-0.05, 0) is 38.8 Å². The fraction of sp³-hybridized carbons (Fsp3) is 0.706. The summed E-state index contributed by atoms with van der Waals surface area (Å²) in [5.41, 5.74) is 2.37. The third-order valence-corrected chi connectivity index (χ3v) is 3.10. The number of unbranched alkanes of at least 4 members (excludes halogenated alkanes) is 3. The molecule has 0 aliphatic carbocycles. The zero-order valence-corrected chi connectivity index (χ0v) is 13.5. The van der Waals surface area contributed by atoms with E-state index in [1.54, 1.807) is 0 Å². The third kappa shape index (κ3) is 8.28. The quantitative estimate of drug-likeness (QED) is 0.691. The Hall–Kier alpha value is -0.930. The SMILES string of the molecule is CCCCCCOCc1ccc(CNC(C)(C)C)cn1. The summed E-state index contributed by atoms with van der Waals surface area (Å²) in [5, 5.41) is 3.46. The van der Waals surface area contributed by atoms with E-state index in [4.69, 9.17) is 4.74 Å². The molecular weight excluding hydrogens is 248 g/mol. The van der Waals surface area contributed by atoms with E-state index in [1.165, 1.54) is 24.8 Å². The summed E-state index contributed by atoms with van der Waals surface area (Å²) in [7, 11) is 0. The molecule has 0 bridgehead atoms. The smallest absolute Gasteiger partial charge is 0.0887 e. The van der Waals surface area contributed by atoms with Gasteiger partial charge in [0.05, 0.1) is 12.3 Å². The second-order valence-electron chi connectivity index (χ2n) is 6.37. The number of hydrogen-bond donors (Lipinski definition) is 1. The van der Waals surface area contributed by atoms with Crippen LogP contribution >= 0.6 is 0 Å². The molecule has 0 aliphatic heterocycles. The van der Waals surface area contributed by atoms with Crippen molar-refractivity contribution in [1.29, 1.82) is 0 Å². The molecule has 0 spiro atoms. The van der Waals surface area contributed by atoms with E-state index >= 15 is 0 Å². The molecule has 1 heterocycles. The van der Waals surface area contributed by atoms with Gasteiger partial charge in [-0.3, -0.25) is 4.98 Å². The zero-order valence-electron chi connectivity index (χ0n) is 13.5. The van der Waals surface area contributed by atoms with Crippen molar-refractivity contribution in [3.8, 4) is 0 Å². The van der Waals surface area contributed by atoms with Crippen LogP contribution in [0.2, 0.25) is 0 Å². The van der Waals surface area contributed by atoms with Gasteiger partial charge in [0.25, 0.3) is 0 Å². The van der Waals surface area contributed by atoms with E-state index in [9.17, 15) is 0 Å². The highest BCUT2D eigenvalue weighted by atomic mass is 16.5. The Labute approximate surface area is 124 Å². The van der Waals surface area contributed by atoms with Crippen LogP contribution in [0.3, 0.4) is 0 Å². The molecule has 114 valence electrons. The predicted molar refractivity (Wildman–Crippen MR) is 84.6 cm³/mol. The molecular formula is C17H30N2O. The van der Waals surface area contributed by atoms with Gasteiger partial charge in [-0.1, -0.05) is 32.3 Å². The van der Waals surface area contributed by atoms with Gasteiger partial charge in [0.15, 0.2) is 0 Å². The molecule has 3 heteroatoms. The molecule has 20 heavy (non-hydrogen) atoms. The number of nitrogens with zero attached hydrogens (tertiary/aromatic N) is 1. The van der Waals surface area contributed by atoms with E-state index in [2.05, 4.69) is 50.1 Å². The van der Waals surface area contributed by atoms with Crippen LogP contribution in [-0.4, -0.2) is 17.1 Å². The lowest BCUT2D eigenvalue weighted by Crippen LogP contribution is -2.35. The minimum Gasteiger partial charge on any atom is -0.375 e. The van der Waals surface area contributed by atoms with Crippen LogP contribution in [0.25, 0.3) is 0 Å². The molecule has 0 radical (unpaired) electrons. The summed E-state index contributed by atoms with van der Waals surface area (Å²) in [6, 6.07) is 4.19. The van der Waals surface area contributed by atoms with Crippen LogP contribution in [-0.2, 0) is 17.9 Å². The molecule has 0 saturated carbocycles. The van der Waals surface area contributed by atoms with Crippen LogP contribution in [0, 0.1) is 0 Å². The predicted octanol–water partition coefficient (Wildman–Crippen LogP) is 4.07. The first-order chi connectivity index (χ1) is 9.51. The average Bonchev–Trinajstić information content (AvgIpc) is 2.41. The molecule has 0 aliphatic rings. The average molecular weight is 278 g/mol. The van der Waals surface area contributed by atoms with Crippen molar-refractivity contribution in [2.45, 2.75) is 72.1 Å². The minimum atomic E-state index is 0.139. The molecule has 0 fully saturated rings. The molecule has 1 N–H and O–H groups in total. The standard InChI is InChI=1S/C17H30N2O/c1-5-6-7-8-11-20-14-16-10-9-15(12-18-16)13-19-17(2,3)4/h9-10,12,19H,5-8,11,13-14H2,1-4H3. The zero-order chi connectivity index (χ0) is 14.8. The second-order valence-corrected chi connectivity index (χ2v) is 6.37. The first-order valence-corrected chi connectivity index (χ1v) is 7.78. The maximum Gasteiger partial charge on any atom is 0.0887 e. The van der Waals surface area contributed by atoms with Gasteiger partial charge in [-0.2, -0.15) is 0 Å². The van der Waals surface area contributed by atoms with Crippen LogP contribution < -0.4 is 5.32 Å². The monoisotopic (exact) mass is 278 g/mol. The van der Waals surface area contributed by atoms with Gasteiger partial charge >= 0.3 is 0 Å². The number of nitrogens with one attached hydrogen (secondary N) is 1. The van der Waals surface area contributed by atoms with Crippen molar-refractivity contribution in [3.63, 3.8) is 0 Å². The minimum absolute atomic E-state index is 0.139. The Morgan fingerprint density at radius 1 is 1.15 bits per heavy atom. The van der Waals surface area contributed by atoms with E-state index in [1.807, 2.05) is 6.20 Å². The molecule has 1 aromatic heterocycles. The largest absolute Gasteiger partial charge is 0.375 e. The van der Waals surface area contributed by atoms with Gasteiger partial charge in [0, 0.05) is 24.9 Å². The summed E-state index contributed by atoms with van der Waals surface area (Å²) in [6.45, 7) is 11.0. The van der Waals surface area contributed by atoms with Gasteiger partial charge in [-0.15, -0.1) is 0 Å². The Bertz CT molecular complexity index is 354. The van der Waals surface area contributed by atoms with Crippen LogP contribution in [0.1, 0.15) is 64.6 Å². The summed E-state index contributed by atoms with van der Waals surface area (Å²) in [4.78, 5) is 4.45. The first kappa shape index (κ1) is 17.1. The van der Waals surface area contributed by atoms with E-state index < -0.39 is 0 Å². The molecule has 1 aromatic rings. The van der Waals surface area contributed by atoms with E-state index in [0.29, 0.717) is 6.61 Å². The highest BCUT2D eigenvalue weighted by molar-refractivity contribution is 5.13. The topological polar surface area (TPSA) is 34.1 Å². The Kier molecular flexibility index (Phi) is 7.78. The lowest BCUT2D eigenvalue weighted by Gasteiger charge is -2.20. The van der Waals surface area contributed by atoms with Gasteiger partial charge in [0.2, 0.25) is 0 Å². The Morgan fingerprint density at radius 2 is 1.95 bits per heavy atom. The van der Waals surface area contributed by atoms with Crippen molar-refractivity contribution >= 4 is 0 Å². The molecule has 0 saturated heterocycles. The van der Waals surface area contributed by atoms with Crippen molar-refractivity contribution in [2.75, 3.05) is 6.61 Å². The highest BCUT2D eigenvalue weighted by Crippen LogP contribution is 2.06. The maximum absolute atomic E-state index is 5.64. The summed E-state index contributed by atoms with van der Waals surface area (Å²) in [5.74, 6) is 0. The lowest BCUT2D eigenvalue weighted by atomic mass is 10.1. The van der Waals surface area contributed by atoms with E-state index in [-0.39, 0.29) is 5.54 Å². The summed E-state index contributed by atoms with van der Waals surface area (Å²) >= 11 is 0. The number of hydrogen-bond acceptors (Lipinski definition) is 3. The Morgan fingerprint density at radius 3 is 2.55 bits per heavy atom. The van der Waals surface area contributed by atoms with Crippen LogP contribution in [0.5, 0.6) is 0 Å². The number of aromatic nitrogens is 1. The van der Waals surface area contributed by atoms with Gasteiger partial charge < -0.3 is 10.1 Å². The molecule has 0 atom stereocenters. The molecule has 1 rings (SSSR count). The van der Waals surface area contributed by atoms with E-state index in [0.717, 1.165) is 25.3 Å². The van der Waals surface area contributed by atoms with Gasteiger partial charge in [-0.25, -0.2) is 0 Å². The number of pyridine rings is 1. The summed E-state index contributed by atoms with van der Waals surface area (Å²) < 4.78 is 5.64. The fourth-order valence-corrected chi connectivity index (χ4v) is 1.82. The highest BCUT2D eigenvalue weighted by Gasteiger charge is 2.08. The normalized spacial score (nSPS) is 11.8. The lowest BCUT2D eigenvalue weighted by molar-refractivity contribution is 0.114.